The molecule has 0 saturated carbocycles. The molecule has 0 spiro atoms. The summed E-state index contributed by atoms with van der Waals surface area (Å²) in [4.78, 5) is 23.0. The Bertz CT molecular complexity index is 759. The SMILES string of the molecule is COC(=O)NCCOC(c1cccc(C)c1)c1cccc(C(=O)OC)c1. The Morgan fingerprint density at radius 1 is 1.00 bits per heavy atom. The predicted molar refractivity (Wildman–Crippen MR) is 97.2 cm³/mol. The van der Waals surface area contributed by atoms with Gasteiger partial charge >= 0.3 is 12.1 Å². The quantitative estimate of drug-likeness (QED) is 0.608. The monoisotopic (exact) mass is 357 g/mol. The standard InChI is InChI=1S/C20H23NO5/c1-14-6-4-7-15(12-14)18(26-11-10-21-20(23)25-3)16-8-5-9-17(13-16)19(22)24-2/h4-9,12-13,18H,10-11H2,1-3H3,(H,21,23). The maximum absolute atomic E-state index is 11.8. The van der Waals surface area contributed by atoms with Crippen molar-refractivity contribution in [3.63, 3.8) is 0 Å². The van der Waals surface area contributed by atoms with E-state index in [2.05, 4.69) is 10.1 Å². The van der Waals surface area contributed by atoms with Crippen LogP contribution in [-0.4, -0.2) is 39.4 Å². The second-order valence-corrected chi connectivity index (χ2v) is 5.70. The van der Waals surface area contributed by atoms with Gasteiger partial charge in [0.15, 0.2) is 0 Å². The van der Waals surface area contributed by atoms with Crippen LogP contribution in [0.4, 0.5) is 4.79 Å². The summed E-state index contributed by atoms with van der Waals surface area (Å²) < 4.78 is 15.3. The van der Waals surface area contributed by atoms with E-state index >= 15 is 0 Å². The molecule has 0 fully saturated rings. The lowest BCUT2D eigenvalue weighted by molar-refractivity contribution is 0.0598. The van der Waals surface area contributed by atoms with E-state index < -0.39 is 12.1 Å². The highest BCUT2D eigenvalue weighted by molar-refractivity contribution is 5.89. The van der Waals surface area contributed by atoms with Gasteiger partial charge in [0.1, 0.15) is 6.10 Å². The Kier molecular flexibility index (Phi) is 7.17. The van der Waals surface area contributed by atoms with Gasteiger partial charge in [0.05, 0.1) is 26.4 Å². The number of methoxy groups -OCH3 is 2. The van der Waals surface area contributed by atoms with Crippen molar-refractivity contribution in [2.75, 3.05) is 27.4 Å². The van der Waals surface area contributed by atoms with Gasteiger partial charge < -0.3 is 19.5 Å². The second-order valence-electron chi connectivity index (χ2n) is 5.70. The smallest absolute Gasteiger partial charge is 0.406 e. The molecule has 6 heteroatoms. The zero-order chi connectivity index (χ0) is 18.9. The molecular formula is C20H23NO5. The molecule has 1 N–H and O–H groups in total. The summed E-state index contributed by atoms with van der Waals surface area (Å²) in [5.74, 6) is -0.401. The molecule has 2 aromatic rings. The summed E-state index contributed by atoms with van der Waals surface area (Å²) in [5.41, 5.74) is 3.36. The van der Waals surface area contributed by atoms with Gasteiger partial charge in [-0.3, -0.25) is 0 Å². The molecule has 1 amide bonds. The molecule has 0 heterocycles. The van der Waals surface area contributed by atoms with E-state index in [0.29, 0.717) is 12.1 Å². The van der Waals surface area contributed by atoms with Crippen molar-refractivity contribution < 1.29 is 23.8 Å². The van der Waals surface area contributed by atoms with Crippen LogP contribution in [0.1, 0.15) is 33.2 Å². The van der Waals surface area contributed by atoms with Gasteiger partial charge in [-0.25, -0.2) is 9.59 Å². The Balaban J connectivity index is 2.23. The second kappa shape index (κ2) is 9.58. The number of carbonyl (C=O) groups is 2. The normalized spacial score (nSPS) is 11.5. The largest absolute Gasteiger partial charge is 0.465 e. The van der Waals surface area contributed by atoms with E-state index in [-0.39, 0.29) is 12.7 Å². The van der Waals surface area contributed by atoms with Gasteiger partial charge in [-0.15, -0.1) is 0 Å². The fraction of sp³-hybridized carbons (Fsp3) is 0.300. The van der Waals surface area contributed by atoms with E-state index in [1.54, 1.807) is 18.2 Å². The molecule has 2 rings (SSSR count). The van der Waals surface area contributed by atoms with Crippen molar-refractivity contribution in [1.29, 1.82) is 0 Å². The van der Waals surface area contributed by atoms with Gasteiger partial charge in [-0.2, -0.15) is 0 Å². The average molecular weight is 357 g/mol. The molecule has 0 aliphatic rings. The van der Waals surface area contributed by atoms with Gasteiger partial charge in [-0.1, -0.05) is 42.0 Å². The maximum atomic E-state index is 11.8. The number of hydrogen-bond donors (Lipinski definition) is 1. The molecule has 138 valence electrons. The predicted octanol–water partition coefficient (Wildman–Crippen LogP) is 3.24. The number of benzene rings is 2. The number of esters is 1. The lowest BCUT2D eigenvalue weighted by Gasteiger charge is -2.20. The maximum Gasteiger partial charge on any atom is 0.406 e. The zero-order valence-corrected chi connectivity index (χ0v) is 15.2. The van der Waals surface area contributed by atoms with E-state index in [1.165, 1.54) is 14.2 Å². The van der Waals surface area contributed by atoms with E-state index in [0.717, 1.165) is 16.7 Å². The first-order valence-electron chi connectivity index (χ1n) is 8.23. The van der Waals surface area contributed by atoms with Crippen LogP contribution in [0.25, 0.3) is 0 Å². The highest BCUT2D eigenvalue weighted by Crippen LogP contribution is 2.27. The molecule has 1 atom stereocenters. The molecule has 0 radical (unpaired) electrons. The number of alkyl carbamates (subject to hydrolysis) is 1. The summed E-state index contributed by atoms with van der Waals surface area (Å²) in [7, 11) is 2.66. The summed E-state index contributed by atoms with van der Waals surface area (Å²) in [6, 6.07) is 15.1. The van der Waals surface area contributed by atoms with Crippen molar-refractivity contribution in [2.24, 2.45) is 0 Å². The fourth-order valence-electron chi connectivity index (χ4n) is 2.57. The molecule has 2 aromatic carbocycles. The minimum atomic E-state index is -0.506. The molecule has 0 saturated heterocycles. The van der Waals surface area contributed by atoms with Crippen LogP contribution in [0.15, 0.2) is 48.5 Å². The van der Waals surface area contributed by atoms with E-state index in [1.807, 2.05) is 37.3 Å². The zero-order valence-electron chi connectivity index (χ0n) is 15.2. The minimum absolute atomic E-state index is 0.288. The van der Waals surface area contributed by atoms with Crippen LogP contribution >= 0.6 is 0 Å². The molecule has 0 aliphatic heterocycles. The Labute approximate surface area is 153 Å². The summed E-state index contributed by atoms with van der Waals surface area (Å²) in [6.45, 7) is 2.60. The number of ether oxygens (including phenoxy) is 3. The van der Waals surface area contributed by atoms with Crippen LogP contribution in [0, 0.1) is 6.92 Å². The van der Waals surface area contributed by atoms with Gasteiger partial charge in [0.2, 0.25) is 0 Å². The Morgan fingerprint density at radius 2 is 1.69 bits per heavy atom. The molecule has 6 nitrogen and oxygen atoms in total. The third-order valence-corrected chi connectivity index (χ3v) is 3.80. The van der Waals surface area contributed by atoms with Crippen molar-refractivity contribution >= 4 is 12.1 Å². The van der Waals surface area contributed by atoms with Crippen LogP contribution in [0.2, 0.25) is 0 Å². The third-order valence-electron chi connectivity index (χ3n) is 3.80. The molecule has 1 unspecified atom stereocenters. The van der Waals surface area contributed by atoms with Crippen molar-refractivity contribution in [1.82, 2.24) is 5.32 Å². The van der Waals surface area contributed by atoms with Gasteiger partial charge in [0.25, 0.3) is 0 Å². The highest BCUT2D eigenvalue weighted by atomic mass is 16.5. The number of rotatable bonds is 7. The minimum Gasteiger partial charge on any atom is -0.465 e. The number of hydrogen-bond acceptors (Lipinski definition) is 5. The molecule has 0 bridgehead atoms. The molecule has 0 aromatic heterocycles. The number of amides is 1. The van der Waals surface area contributed by atoms with Crippen LogP contribution < -0.4 is 5.32 Å². The highest BCUT2D eigenvalue weighted by Gasteiger charge is 2.17. The van der Waals surface area contributed by atoms with Crippen LogP contribution in [-0.2, 0) is 14.2 Å². The number of nitrogens with one attached hydrogen (secondary N) is 1. The third kappa shape index (κ3) is 5.32. The Hall–Kier alpha value is -2.86. The molecule has 26 heavy (non-hydrogen) atoms. The summed E-state index contributed by atoms with van der Waals surface area (Å²) >= 11 is 0. The van der Waals surface area contributed by atoms with Gasteiger partial charge in [-0.05, 0) is 30.2 Å². The average Bonchev–Trinajstić information content (AvgIpc) is 2.67. The lowest BCUT2D eigenvalue weighted by atomic mass is 9.98. The first-order chi connectivity index (χ1) is 12.5. The number of aryl methyl sites for hydroxylation is 1. The fourth-order valence-corrected chi connectivity index (χ4v) is 2.57. The first kappa shape index (κ1) is 19.5. The summed E-state index contributed by atoms with van der Waals surface area (Å²) in [5, 5.41) is 2.58. The van der Waals surface area contributed by atoms with Crippen molar-refractivity contribution in [3.8, 4) is 0 Å². The molecule has 0 aliphatic carbocycles. The first-order valence-corrected chi connectivity index (χ1v) is 8.23. The van der Waals surface area contributed by atoms with E-state index in [9.17, 15) is 9.59 Å². The van der Waals surface area contributed by atoms with Crippen molar-refractivity contribution in [2.45, 2.75) is 13.0 Å². The van der Waals surface area contributed by atoms with Crippen LogP contribution in [0.3, 0.4) is 0 Å². The molecular weight excluding hydrogens is 334 g/mol. The topological polar surface area (TPSA) is 73.9 Å². The number of carbonyl (C=O) groups excluding carboxylic acids is 2. The lowest BCUT2D eigenvalue weighted by Crippen LogP contribution is -2.27. The van der Waals surface area contributed by atoms with E-state index in [4.69, 9.17) is 9.47 Å². The van der Waals surface area contributed by atoms with Gasteiger partial charge in [0, 0.05) is 6.54 Å². The van der Waals surface area contributed by atoms with Crippen LogP contribution in [0.5, 0.6) is 0 Å². The summed E-state index contributed by atoms with van der Waals surface area (Å²) in [6.07, 6.45) is -0.882. The van der Waals surface area contributed by atoms with Crippen molar-refractivity contribution in [3.05, 3.63) is 70.8 Å². The Morgan fingerprint density at radius 3 is 2.35 bits per heavy atom.